The molecule has 0 heterocycles. The van der Waals surface area contributed by atoms with E-state index in [9.17, 15) is 0 Å². The van der Waals surface area contributed by atoms with Crippen LogP contribution in [0.5, 0.6) is 0 Å². The van der Waals surface area contributed by atoms with Gasteiger partial charge < -0.3 is 3.07 Å². The van der Waals surface area contributed by atoms with E-state index in [-0.39, 0.29) is 0 Å². The molecular weight excluding hydrogens is 227 g/mol. The summed E-state index contributed by atoms with van der Waals surface area (Å²) >= 11 is 1.92. The van der Waals surface area contributed by atoms with Crippen LogP contribution >= 0.6 is 23.0 Å². The number of hydrogen-bond acceptors (Lipinski definition) is 1. The molecule has 0 saturated carbocycles. The monoisotopic (exact) mass is 236 g/mol. The first kappa shape index (κ1) is 7.12. The van der Waals surface area contributed by atoms with E-state index in [4.69, 9.17) is 3.07 Å². The van der Waals surface area contributed by atoms with Gasteiger partial charge in [-0.3, -0.25) is 0 Å². The van der Waals surface area contributed by atoms with Crippen molar-refractivity contribution >= 4 is 23.0 Å². The summed E-state index contributed by atoms with van der Waals surface area (Å²) in [5.41, 5.74) is 1.44. The Morgan fingerprint density at radius 2 is 2.22 bits per heavy atom. The Balaban J connectivity index is 2.59. The molecule has 0 atom stereocenters. The first-order chi connectivity index (χ1) is 4.33. The van der Waals surface area contributed by atoms with Crippen LogP contribution < -0.4 is 0 Å². The van der Waals surface area contributed by atoms with Crippen molar-refractivity contribution in [2.75, 3.05) is 0 Å². The van der Waals surface area contributed by atoms with Crippen molar-refractivity contribution in [1.82, 2.24) is 0 Å². The summed E-state index contributed by atoms with van der Waals surface area (Å²) in [5.74, 6) is 1.08. The third-order valence-electron chi connectivity index (χ3n) is 1.42. The van der Waals surface area contributed by atoms with Crippen LogP contribution in [0.1, 0.15) is 19.8 Å². The van der Waals surface area contributed by atoms with Crippen molar-refractivity contribution in [2.24, 2.45) is 0 Å². The lowest BCUT2D eigenvalue weighted by atomic mass is 10.1. The zero-order valence-electron chi connectivity index (χ0n) is 5.36. The first-order valence-corrected chi connectivity index (χ1v) is 3.86. The molecule has 0 aliphatic heterocycles. The van der Waals surface area contributed by atoms with E-state index in [0.717, 1.165) is 18.6 Å². The van der Waals surface area contributed by atoms with Crippen LogP contribution in [0.4, 0.5) is 0 Å². The predicted octanol–water partition coefficient (Wildman–Crippen LogP) is 2.98. The molecule has 0 spiro atoms. The van der Waals surface area contributed by atoms with Gasteiger partial charge in [-0.2, -0.15) is 0 Å². The zero-order chi connectivity index (χ0) is 6.69. The Kier molecular flexibility index (Phi) is 2.57. The molecule has 1 rings (SSSR count). The van der Waals surface area contributed by atoms with Gasteiger partial charge in [0.2, 0.25) is 0 Å². The Morgan fingerprint density at radius 3 is 2.67 bits per heavy atom. The number of allylic oxidation sites excluding steroid dienone is 4. The molecule has 0 amide bonds. The summed E-state index contributed by atoms with van der Waals surface area (Å²) in [5, 5.41) is 0. The predicted molar refractivity (Wildman–Crippen MR) is 46.2 cm³/mol. The van der Waals surface area contributed by atoms with Crippen molar-refractivity contribution in [3.8, 4) is 0 Å². The fourth-order valence-electron chi connectivity index (χ4n) is 0.787. The second-order valence-electron chi connectivity index (χ2n) is 2.22. The SMILES string of the molecule is CC1=CC=C(OI)CC1. The standard InChI is InChI=1S/C7H9IO/c1-6-2-4-7(9-8)5-3-6/h2,4H,3,5H2,1H3. The molecule has 1 nitrogen and oxygen atoms in total. The Labute approximate surface area is 69.5 Å². The highest BCUT2D eigenvalue weighted by Crippen LogP contribution is 2.19. The highest BCUT2D eigenvalue weighted by molar-refractivity contribution is 14.1. The van der Waals surface area contributed by atoms with Gasteiger partial charge in [0.25, 0.3) is 0 Å². The quantitative estimate of drug-likeness (QED) is 0.636. The summed E-state index contributed by atoms with van der Waals surface area (Å²) in [7, 11) is 0. The van der Waals surface area contributed by atoms with Crippen LogP contribution in [0.3, 0.4) is 0 Å². The third kappa shape index (κ3) is 2.01. The number of hydrogen-bond donors (Lipinski definition) is 0. The Bertz CT molecular complexity index is 158. The average Bonchev–Trinajstić information content (AvgIpc) is 1.90. The van der Waals surface area contributed by atoms with Gasteiger partial charge in [0.15, 0.2) is 23.0 Å². The highest BCUT2D eigenvalue weighted by Gasteiger charge is 2.01. The minimum Gasteiger partial charge on any atom is -0.432 e. The molecule has 0 fully saturated rings. The number of halogens is 1. The van der Waals surface area contributed by atoms with E-state index in [1.54, 1.807) is 0 Å². The molecule has 1 aliphatic rings. The molecule has 0 aromatic carbocycles. The van der Waals surface area contributed by atoms with Gasteiger partial charge in [-0.15, -0.1) is 0 Å². The van der Waals surface area contributed by atoms with Crippen molar-refractivity contribution < 1.29 is 3.07 Å². The summed E-state index contributed by atoms with van der Waals surface area (Å²) in [4.78, 5) is 0. The Hall–Kier alpha value is 0.0100. The first-order valence-electron chi connectivity index (χ1n) is 2.98. The summed E-state index contributed by atoms with van der Waals surface area (Å²) in [6.45, 7) is 2.14. The van der Waals surface area contributed by atoms with Crippen LogP contribution in [-0.2, 0) is 3.07 Å². The molecular formula is C7H9IO. The van der Waals surface area contributed by atoms with Gasteiger partial charge in [-0.1, -0.05) is 11.6 Å². The summed E-state index contributed by atoms with van der Waals surface area (Å²) < 4.78 is 5.03. The third-order valence-corrected chi connectivity index (χ3v) is 1.98. The van der Waals surface area contributed by atoms with Gasteiger partial charge in [-0.25, -0.2) is 0 Å². The van der Waals surface area contributed by atoms with Crippen molar-refractivity contribution in [3.63, 3.8) is 0 Å². The van der Waals surface area contributed by atoms with Gasteiger partial charge in [0, 0.05) is 6.42 Å². The van der Waals surface area contributed by atoms with Crippen LogP contribution in [0.25, 0.3) is 0 Å². The maximum atomic E-state index is 5.03. The maximum Gasteiger partial charge on any atom is 0.192 e. The zero-order valence-corrected chi connectivity index (χ0v) is 7.51. The second-order valence-corrected chi connectivity index (χ2v) is 2.66. The molecule has 0 unspecified atom stereocenters. The maximum absolute atomic E-state index is 5.03. The summed E-state index contributed by atoms with van der Waals surface area (Å²) in [6.07, 6.45) is 6.35. The van der Waals surface area contributed by atoms with Crippen LogP contribution in [0, 0.1) is 0 Å². The highest BCUT2D eigenvalue weighted by atomic mass is 127. The van der Waals surface area contributed by atoms with Crippen molar-refractivity contribution in [2.45, 2.75) is 19.8 Å². The lowest BCUT2D eigenvalue weighted by molar-refractivity contribution is 0.519. The minimum atomic E-state index is 1.06. The Morgan fingerprint density at radius 1 is 1.44 bits per heavy atom. The topological polar surface area (TPSA) is 9.23 Å². The van der Waals surface area contributed by atoms with E-state index in [0.29, 0.717) is 0 Å². The lowest BCUT2D eigenvalue weighted by Gasteiger charge is -2.07. The molecule has 0 bridgehead atoms. The second kappa shape index (κ2) is 3.25. The number of rotatable bonds is 1. The van der Waals surface area contributed by atoms with Gasteiger partial charge in [0.05, 0.1) is 0 Å². The summed E-state index contributed by atoms with van der Waals surface area (Å²) in [6, 6.07) is 0. The molecule has 2 heteroatoms. The molecule has 9 heavy (non-hydrogen) atoms. The molecule has 0 saturated heterocycles. The molecule has 0 N–H and O–H groups in total. The van der Waals surface area contributed by atoms with Gasteiger partial charge >= 0.3 is 0 Å². The lowest BCUT2D eigenvalue weighted by Crippen LogP contribution is -1.89. The van der Waals surface area contributed by atoms with E-state index in [1.165, 1.54) is 5.57 Å². The van der Waals surface area contributed by atoms with Crippen molar-refractivity contribution in [1.29, 1.82) is 0 Å². The normalized spacial score (nSPS) is 18.4. The van der Waals surface area contributed by atoms with Crippen LogP contribution in [0.2, 0.25) is 0 Å². The molecule has 50 valence electrons. The molecule has 1 aliphatic carbocycles. The van der Waals surface area contributed by atoms with E-state index in [2.05, 4.69) is 13.0 Å². The van der Waals surface area contributed by atoms with Crippen molar-refractivity contribution in [3.05, 3.63) is 23.5 Å². The van der Waals surface area contributed by atoms with Gasteiger partial charge in [0.1, 0.15) is 5.76 Å². The van der Waals surface area contributed by atoms with E-state index < -0.39 is 0 Å². The smallest absolute Gasteiger partial charge is 0.192 e. The average molecular weight is 236 g/mol. The largest absolute Gasteiger partial charge is 0.432 e. The fraction of sp³-hybridized carbons (Fsp3) is 0.429. The minimum absolute atomic E-state index is 1.06. The van der Waals surface area contributed by atoms with Crippen LogP contribution in [-0.4, -0.2) is 0 Å². The van der Waals surface area contributed by atoms with Gasteiger partial charge in [-0.05, 0) is 19.4 Å². The van der Waals surface area contributed by atoms with Crippen LogP contribution in [0.15, 0.2) is 23.5 Å². The molecule has 0 aromatic heterocycles. The fourth-order valence-corrected chi connectivity index (χ4v) is 1.15. The van der Waals surface area contributed by atoms with E-state index >= 15 is 0 Å². The molecule has 0 radical (unpaired) electrons. The molecule has 0 aromatic rings. The van der Waals surface area contributed by atoms with E-state index in [1.807, 2.05) is 29.1 Å².